The predicted molar refractivity (Wildman–Crippen MR) is 78.1 cm³/mol. The monoisotopic (exact) mass is 270 g/mol. The van der Waals surface area contributed by atoms with Crippen LogP contribution in [0.3, 0.4) is 0 Å². The van der Waals surface area contributed by atoms with Crippen molar-refractivity contribution in [2.75, 3.05) is 18.1 Å². The Morgan fingerprint density at radius 1 is 1.41 bits per heavy atom. The van der Waals surface area contributed by atoms with Gasteiger partial charge in [0.05, 0.1) is 11.2 Å². The summed E-state index contributed by atoms with van der Waals surface area (Å²) >= 11 is 3.95. The van der Waals surface area contributed by atoms with Gasteiger partial charge in [0.15, 0.2) is 0 Å². The lowest BCUT2D eigenvalue weighted by molar-refractivity contribution is 0.337. The van der Waals surface area contributed by atoms with Gasteiger partial charge in [-0.05, 0) is 45.4 Å². The van der Waals surface area contributed by atoms with Gasteiger partial charge in [-0.2, -0.15) is 11.8 Å². The summed E-state index contributed by atoms with van der Waals surface area (Å²) < 4.78 is 0. The predicted octanol–water partition coefficient (Wildman–Crippen LogP) is 3.48. The van der Waals surface area contributed by atoms with E-state index in [1.807, 2.05) is 11.3 Å². The highest BCUT2D eigenvalue weighted by atomic mass is 32.2. The van der Waals surface area contributed by atoms with E-state index in [1.54, 1.807) is 0 Å². The zero-order valence-corrected chi connectivity index (χ0v) is 12.6. The number of nitrogens with zero attached hydrogens (tertiary/aromatic N) is 1. The lowest BCUT2D eigenvalue weighted by Crippen LogP contribution is -2.46. The fourth-order valence-electron chi connectivity index (χ4n) is 2.22. The van der Waals surface area contributed by atoms with Crippen LogP contribution in [0.25, 0.3) is 0 Å². The SMILES string of the molecule is CCCNC1(c2nc(C)c(C)s2)CCCSC1. The Bertz CT molecular complexity index is 348. The van der Waals surface area contributed by atoms with Gasteiger partial charge in [0.1, 0.15) is 5.01 Å². The van der Waals surface area contributed by atoms with E-state index in [4.69, 9.17) is 4.98 Å². The van der Waals surface area contributed by atoms with Gasteiger partial charge in [0.2, 0.25) is 0 Å². The Kier molecular flexibility index (Phi) is 4.50. The third kappa shape index (κ3) is 2.85. The number of rotatable bonds is 4. The summed E-state index contributed by atoms with van der Waals surface area (Å²) in [6.07, 6.45) is 3.74. The second kappa shape index (κ2) is 5.72. The van der Waals surface area contributed by atoms with Crippen LogP contribution in [-0.2, 0) is 5.54 Å². The molecule has 1 N–H and O–H groups in total. The van der Waals surface area contributed by atoms with Crippen molar-refractivity contribution in [2.45, 2.75) is 45.6 Å². The van der Waals surface area contributed by atoms with Gasteiger partial charge in [0.25, 0.3) is 0 Å². The number of nitrogens with one attached hydrogen (secondary N) is 1. The fraction of sp³-hybridized carbons (Fsp3) is 0.769. The number of thiazole rings is 1. The molecule has 1 aromatic rings. The van der Waals surface area contributed by atoms with E-state index in [9.17, 15) is 0 Å². The molecule has 0 aliphatic carbocycles. The molecule has 0 saturated carbocycles. The molecule has 1 aromatic heterocycles. The van der Waals surface area contributed by atoms with Crippen LogP contribution < -0.4 is 5.32 Å². The molecule has 1 atom stereocenters. The standard InChI is InChI=1S/C13H22N2S2/c1-4-7-14-13(6-5-8-16-9-13)12-15-10(2)11(3)17-12/h14H,4-9H2,1-3H3. The number of aromatic nitrogens is 1. The molecule has 2 nitrogen and oxygen atoms in total. The highest BCUT2D eigenvalue weighted by Gasteiger charge is 2.36. The number of hydrogen-bond donors (Lipinski definition) is 1. The molecule has 0 aromatic carbocycles. The fourth-order valence-corrected chi connectivity index (χ4v) is 4.64. The lowest BCUT2D eigenvalue weighted by atomic mass is 9.96. The highest BCUT2D eigenvalue weighted by Crippen LogP contribution is 2.38. The summed E-state index contributed by atoms with van der Waals surface area (Å²) in [4.78, 5) is 6.17. The minimum Gasteiger partial charge on any atom is -0.305 e. The normalized spacial score (nSPS) is 25.1. The average Bonchev–Trinajstić information content (AvgIpc) is 2.69. The molecule has 17 heavy (non-hydrogen) atoms. The van der Waals surface area contributed by atoms with E-state index in [0.717, 1.165) is 6.54 Å². The van der Waals surface area contributed by atoms with Crippen molar-refractivity contribution in [2.24, 2.45) is 0 Å². The summed E-state index contributed by atoms with van der Waals surface area (Å²) in [6, 6.07) is 0. The zero-order chi connectivity index (χ0) is 12.3. The lowest BCUT2D eigenvalue weighted by Gasteiger charge is -2.36. The molecule has 0 radical (unpaired) electrons. The summed E-state index contributed by atoms with van der Waals surface area (Å²) in [5.74, 6) is 2.48. The molecule has 0 spiro atoms. The Balaban J connectivity index is 2.25. The van der Waals surface area contributed by atoms with Gasteiger partial charge in [-0.25, -0.2) is 4.98 Å². The number of aryl methyl sites for hydroxylation is 2. The van der Waals surface area contributed by atoms with Crippen LogP contribution in [0, 0.1) is 13.8 Å². The van der Waals surface area contributed by atoms with Crippen molar-refractivity contribution in [3.63, 3.8) is 0 Å². The maximum Gasteiger partial charge on any atom is 0.114 e. The molecule has 1 unspecified atom stereocenters. The molecule has 4 heteroatoms. The van der Waals surface area contributed by atoms with Crippen LogP contribution in [0.5, 0.6) is 0 Å². The van der Waals surface area contributed by atoms with Gasteiger partial charge in [-0.1, -0.05) is 6.92 Å². The highest BCUT2D eigenvalue weighted by molar-refractivity contribution is 7.99. The van der Waals surface area contributed by atoms with Gasteiger partial charge in [0, 0.05) is 10.6 Å². The first-order chi connectivity index (χ1) is 8.18. The van der Waals surface area contributed by atoms with Crippen molar-refractivity contribution < 1.29 is 0 Å². The first-order valence-electron chi connectivity index (χ1n) is 6.45. The molecule has 1 aliphatic heterocycles. The maximum absolute atomic E-state index is 4.80. The van der Waals surface area contributed by atoms with Gasteiger partial charge < -0.3 is 5.32 Å². The van der Waals surface area contributed by atoms with E-state index < -0.39 is 0 Å². The molecular weight excluding hydrogens is 248 g/mol. The van der Waals surface area contributed by atoms with Crippen LogP contribution >= 0.6 is 23.1 Å². The van der Waals surface area contributed by atoms with Crippen LogP contribution in [0.2, 0.25) is 0 Å². The minimum absolute atomic E-state index is 0.155. The minimum atomic E-state index is 0.155. The molecule has 1 aliphatic rings. The molecular formula is C13H22N2S2. The van der Waals surface area contributed by atoms with E-state index in [0.29, 0.717) is 0 Å². The summed E-state index contributed by atoms with van der Waals surface area (Å²) in [7, 11) is 0. The zero-order valence-electron chi connectivity index (χ0n) is 11.0. The van der Waals surface area contributed by atoms with Gasteiger partial charge in [-0.3, -0.25) is 0 Å². The average molecular weight is 270 g/mol. The van der Waals surface area contributed by atoms with E-state index in [-0.39, 0.29) is 5.54 Å². The molecule has 2 rings (SSSR count). The van der Waals surface area contributed by atoms with E-state index >= 15 is 0 Å². The van der Waals surface area contributed by atoms with Crippen molar-refractivity contribution >= 4 is 23.1 Å². The first-order valence-corrected chi connectivity index (χ1v) is 8.42. The molecule has 96 valence electrons. The Morgan fingerprint density at radius 3 is 2.76 bits per heavy atom. The Hall–Kier alpha value is -0.0600. The second-order valence-electron chi connectivity index (χ2n) is 4.83. The van der Waals surface area contributed by atoms with Crippen molar-refractivity contribution in [1.29, 1.82) is 0 Å². The molecule has 0 bridgehead atoms. The van der Waals surface area contributed by atoms with Crippen molar-refractivity contribution in [3.8, 4) is 0 Å². The first kappa shape index (κ1) is 13.4. The number of hydrogen-bond acceptors (Lipinski definition) is 4. The van der Waals surface area contributed by atoms with Gasteiger partial charge in [-0.15, -0.1) is 11.3 Å². The molecule has 2 heterocycles. The van der Waals surface area contributed by atoms with Crippen molar-refractivity contribution in [1.82, 2.24) is 10.3 Å². The summed E-state index contributed by atoms with van der Waals surface area (Å²) in [5.41, 5.74) is 1.36. The van der Waals surface area contributed by atoms with Crippen LogP contribution in [0.1, 0.15) is 41.8 Å². The third-order valence-electron chi connectivity index (χ3n) is 3.39. The maximum atomic E-state index is 4.80. The molecule has 1 fully saturated rings. The number of thioether (sulfide) groups is 1. The Morgan fingerprint density at radius 2 is 2.24 bits per heavy atom. The van der Waals surface area contributed by atoms with Crippen molar-refractivity contribution in [3.05, 3.63) is 15.6 Å². The van der Waals surface area contributed by atoms with Crippen LogP contribution in [-0.4, -0.2) is 23.0 Å². The Labute approximate surface area is 113 Å². The molecule has 0 amide bonds. The quantitative estimate of drug-likeness (QED) is 0.906. The smallest absolute Gasteiger partial charge is 0.114 e. The second-order valence-corrected chi connectivity index (χ2v) is 7.13. The third-order valence-corrected chi connectivity index (χ3v) is 5.94. The van der Waals surface area contributed by atoms with Gasteiger partial charge >= 0.3 is 0 Å². The molecule has 1 saturated heterocycles. The van der Waals surface area contributed by atoms with Crippen LogP contribution in [0.15, 0.2) is 0 Å². The van der Waals surface area contributed by atoms with E-state index in [1.165, 1.54) is 46.3 Å². The topological polar surface area (TPSA) is 24.9 Å². The van der Waals surface area contributed by atoms with Crippen LogP contribution in [0.4, 0.5) is 0 Å². The summed E-state index contributed by atoms with van der Waals surface area (Å²) in [5, 5.41) is 5.08. The largest absolute Gasteiger partial charge is 0.305 e. The van der Waals surface area contributed by atoms with E-state index in [2.05, 4.69) is 37.8 Å². The summed E-state index contributed by atoms with van der Waals surface area (Å²) in [6.45, 7) is 7.63.